The van der Waals surface area contributed by atoms with Crippen molar-refractivity contribution in [2.24, 2.45) is 12.0 Å². The lowest BCUT2D eigenvalue weighted by atomic mass is 10.1. The van der Waals surface area contributed by atoms with Crippen molar-refractivity contribution in [1.29, 1.82) is 0 Å². The number of halogens is 1. The Balaban J connectivity index is 1.34. The molecule has 1 aliphatic rings. The summed E-state index contributed by atoms with van der Waals surface area (Å²) in [5.74, 6) is -0.347. The zero-order chi connectivity index (χ0) is 21.3. The van der Waals surface area contributed by atoms with Gasteiger partial charge in [0.15, 0.2) is 14.6 Å². The maximum atomic E-state index is 12.7. The highest BCUT2D eigenvalue weighted by molar-refractivity contribution is 7.91. The van der Waals surface area contributed by atoms with Crippen LogP contribution in [0.25, 0.3) is 10.9 Å². The standard InChI is InChI=1S/C20H23ClN4O3S2/c1-24-9-10-29-20(24)22-16-4-7-25(8-5-16)19(26)6-11-30(27,28)18-13-14-12-15(21)2-3-17(14)23-18/h2-3,9-10,12-13,16,23H,4-8,11H2,1H3. The highest BCUT2D eigenvalue weighted by atomic mass is 35.5. The number of benzene rings is 1. The van der Waals surface area contributed by atoms with Gasteiger partial charge in [0.2, 0.25) is 5.91 Å². The van der Waals surface area contributed by atoms with Crippen molar-refractivity contribution in [3.8, 4) is 0 Å². The van der Waals surface area contributed by atoms with Gasteiger partial charge in [-0.25, -0.2) is 8.42 Å². The summed E-state index contributed by atoms with van der Waals surface area (Å²) in [6, 6.07) is 6.92. The second kappa shape index (κ2) is 8.56. The van der Waals surface area contributed by atoms with E-state index in [1.54, 1.807) is 40.5 Å². The number of carbonyl (C=O) groups is 1. The van der Waals surface area contributed by atoms with Gasteiger partial charge in [0, 0.05) is 54.1 Å². The Labute approximate surface area is 183 Å². The first kappa shape index (κ1) is 21.1. The maximum Gasteiger partial charge on any atom is 0.223 e. The van der Waals surface area contributed by atoms with Crippen LogP contribution in [-0.2, 0) is 21.7 Å². The molecule has 0 spiro atoms. The van der Waals surface area contributed by atoms with Gasteiger partial charge in [0.1, 0.15) is 5.03 Å². The number of hydrogen-bond acceptors (Lipinski definition) is 5. The van der Waals surface area contributed by atoms with Crippen molar-refractivity contribution < 1.29 is 13.2 Å². The molecule has 1 aromatic carbocycles. The molecule has 30 heavy (non-hydrogen) atoms. The Morgan fingerprint density at radius 2 is 2.07 bits per heavy atom. The molecule has 0 bridgehead atoms. The van der Waals surface area contributed by atoms with Crippen LogP contribution in [-0.4, -0.2) is 53.7 Å². The first-order chi connectivity index (χ1) is 14.3. The Bertz CT molecular complexity index is 1230. The lowest BCUT2D eigenvalue weighted by Crippen LogP contribution is -2.40. The van der Waals surface area contributed by atoms with E-state index in [-0.39, 0.29) is 29.1 Å². The number of sulfone groups is 1. The fourth-order valence-corrected chi connectivity index (χ4v) is 5.80. The second-order valence-corrected chi connectivity index (χ2v) is 10.9. The van der Waals surface area contributed by atoms with Crippen LogP contribution in [0.4, 0.5) is 0 Å². The lowest BCUT2D eigenvalue weighted by Gasteiger charge is -2.30. The van der Waals surface area contributed by atoms with Crippen molar-refractivity contribution in [2.45, 2.75) is 30.3 Å². The summed E-state index contributed by atoms with van der Waals surface area (Å²) in [7, 11) is -1.62. The van der Waals surface area contributed by atoms with Crippen LogP contribution in [0.1, 0.15) is 19.3 Å². The minimum absolute atomic E-state index is 0.0276. The minimum Gasteiger partial charge on any atom is -0.346 e. The van der Waals surface area contributed by atoms with Gasteiger partial charge >= 0.3 is 0 Å². The number of nitrogens with one attached hydrogen (secondary N) is 1. The predicted octanol–water partition coefficient (Wildman–Crippen LogP) is 2.98. The number of aromatic nitrogens is 2. The molecule has 0 saturated carbocycles. The van der Waals surface area contributed by atoms with E-state index >= 15 is 0 Å². The normalized spacial score (nSPS) is 16.5. The van der Waals surface area contributed by atoms with Crippen molar-refractivity contribution >= 4 is 49.6 Å². The third kappa shape index (κ3) is 4.63. The van der Waals surface area contributed by atoms with Crippen molar-refractivity contribution in [1.82, 2.24) is 14.5 Å². The Morgan fingerprint density at radius 1 is 1.30 bits per heavy atom. The third-order valence-corrected chi connectivity index (χ3v) is 8.08. The van der Waals surface area contributed by atoms with Gasteiger partial charge in [-0.05, 0) is 37.1 Å². The molecular formula is C20H23ClN4O3S2. The van der Waals surface area contributed by atoms with E-state index in [4.69, 9.17) is 16.6 Å². The summed E-state index contributed by atoms with van der Waals surface area (Å²) in [5.41, 5.74) is 0.703. The van der Waals surface area contributed by atoms with Crippen molar-refractivity contribution in [3.05, 3.63) is 45.7 Å². The van der Waals surface area contributed by atoms with Crippen LogP contribution < -0.4 is 4.80 Å². The zero-order valence-corrected chi connectivity index (χ0v) is 18.9. The molecule has 1 amide bonds. The molecule has 1 fully saturated rings. The fourth-order valence-electron chi connectivity index (χ4n) is 3.59. The molecule has 3 heterocycles. The quantitative estimate of drug-likeness (QED) is 0.627. The van der Waals surface area contributed by atoms with Crippen LogP contribution in [0.5, 0.6) is 0 Å². The number of H-pyrrole nitrogens is 1. The number of likely N-dealkylation sites (tertiary alicyclic amines) is 1. The average Bonchev–Trinajstić information content (AvgIpc) is 3.33. The first-order valence-corrected chi connectivity index (χ1v) is 12.7. The summed E-state index contributed by atoms with van der Waals surface area (Å²) in [5, 5.41) is 3.40. The summed E-state index contributed by atoms with van der Waals surface area (Å²) in [4.78, 5) is 23.0. The van der Waals surface area contributed by atoms with Crippen LogP contribution in [0, 0.1) is 0 Å². The number of aromatic amines is 1. The number of thiazole rings is 1. The number of piperidine rings is 1. The van der Waals surface area contributed by atoms with E-state index in [9.17, 15) is 13.2 Å². The second-order valence-electron chi connectivity index (χ2n) is 7.47. The third-order valence-electron chi connectivity index (χ3n) is 5.35. The number of hydrogen-bond donors (Lipinski definition) is 1. The molecule has 3 aromatic rings. The van der Waals surface area contributed by atoms with E-state index in [0.29, 0.717) is 23.6 Å². The van der Waals surface area contributed by atoms with E-state index in [0.717, 1.165) is 23.0 Å². The number of rotatable bonds is 5. The maximum absolute atomic E-state index is 12.7. The Hall–Kier alpha value is -2.10. The van der Waals surface area contributed by atoms with Crippen LogP contribution in [0.3, 0.4) is 0 Å². The first-order valence-electron chi connectivity index (χ1n) is 9.74. The summed E-state index contributed by atoms with van der Waals surface area (Å²) < 4.78 is 27.4. The molecule has 2 aromatic heterocycles. The molecule has 0 aliphatic carbocycles. The van der Waals surface area contributed by atoms with E-state index in [1.807, 2.05) is 23.2 Å². The van der Waals surface area contributed by atoms with Gasteiger partial charge in [0.05, 0.1) is 11.8 Å². The smallest absolute Gasteiger partial charge is 0.223 e. The minimum atomic E-state index is -3.58. The molecule has 160 valence electrons. The van der Waals surface area contributed by atoms with Crippen LogP contribution in [0.2, 0.25) is 5.02 Å². The molecule has 0 atom stereocenters. The van der Waals surface area contributed by atoms with Gasteiger partial charge in [-0.2, -0.15) is 0 Å². The van der Waals surface area contributed by atoms with Gasteiger partial charge in [-0.15, -0.1) is 11.3 Å². The fraction of sp³-hybridized carbons (Fsp3) is 0.400. The highest BCUT2D eigenvalue weighted by Crippen LogP contribution is 2.23. The van der Waals surface area contributed by atoms with Gasteiger partial charge < -0.3 is 14.5 Å². The van der Waals surface area contributed by atoms with Gasteiger partial charge in [-0.3, -0.25) is 9.79 Å². The number of nitrogens with zero attached hydrogens (tertiary/aromatic N) is 3. The molecule has 10 heteroatoms. The lowest BCUT2D eigenvalue weighted by molar-refractivity contribution is -0.131. The Kier molecular flexibility index (Phi) is 6.04. The summed E-state index contributed by atoms with van der Waals surface area (Å²) in [6.45, 7) is 1.21. The molecule has 1 saturated heterocycles. The molecule has 1 N–H and O–H groups in total. The predicted molar refractivity (Wildman–Crippen MR) is 118 cm³/mol. The van der Waals surface area contributed by atoms with Crippen molar-refractivity contribution in [3.63, 3.8) is 0 Å². The van der Waals surface area contributed by atoms with Gasteiger partial charge in [0.25, 0.3) is 0 Å². The topological polar surface area (TPSA) is 87.5 Å². The highest BCUT2D eigenvalue weighted by Gasteiger charge is 2.25. The van der Waals surface area contributed by atoms with E-state index in [2.05, 4.69) is 4.98 Å². The summed E-state index contributed by atoms with van der Waals surface area (Å²) in [6.07, 6.45) is 3.53. The monoisotopic (exact) mass is 466 g/mol. The molecule has 0 unspecified atom stereocenters. The molecular weight excluding hydrogens is 444 g/mol. The molecule has 0 radical (unpaired) electrons. The number of aryl methyl sites for hydroxylation is 1. The van der Waals surface area contributed by atoms with Crippen LogP contribution in [0.15, 0.2) is 45.9 Å². The zero-order valence-electron chi connectivity index (χ0n) is 16.5. The van der Waals surface area contributed by atoms with Crippen LogP contribution >= 0.6 is 22.9 Å². The number of amides is 1. The van der Waals surface area contributed by atoms with E-state index in [1.165, 1.54) is 0 Å². The SMILES string of the molecule is Cn1ccsc1=NC1CCN(C(=O)CCS(=O)(=O)c2cc3cc(Cl)ccc3[nH]2)CC1. The summed E-state index contributed by atoms with van der Waals surface area (Å²) >= 11 is 7.57. The largest absolute Gasteiger partial charge is 0.346 e. The molecule has 7 nitrogen and oxygen atoms in total. The average molecular weight is 467 g/mol. The molecule has 4 rings (SSSR count). The number of fused-ring (bicyclic) bond motifs is 1. The van der Waals surface area contributed by atoms with E-state index < -0.39 is 9.84 Å². The Morgan fingerprint density at radius 3 is 2.77 bits per heavy atom. The number of carbonyl (C=O) groups excluding carboxylic acids is 1. The van der Waals surface area contributed by atoms with Gasteiger partial charge in [-0.1, -0.05) is 11.6 Å². The molecule has 1 aliphatic heterocycles. The van der Waals surface area contributed by atoms with Crippen molar-refractivity contribution in [2.75, 3.05) is 18.8 Å².